The molecule has 0 bridgehead atoms. The summed E-state index contributed by atoms with van der Waals surface area (Å²) in [5, 5.41) is 0.876. The van der Waals surface area contributed by atoms with Gasteiger partial charge in [0.25, 0.3) is 0 Å². The maximum atomic E-state index is 12.0. The molecule has 0 aliphatic carbocycles. The van der Waals surface area contributed by atoms with E-state index in [0.717, 1.165) is 5.39 Å². The topological polar surface area (TPSA) is 69.2 Å². The Morgan fingerprint density at radius 3 is 2.73 bits per heavy atom. The maximum Gasteiger partial charge on any atom is 0.534 e. The molecule has 0 spiro atoms. The molecule has 0 saturated heterocycles. The predicted octanol–water partition coefficient (Wildman–Crippen LogP) is 2.94. The average Bonchev–Trinajstić information content (AvgIpc) is 2.45. The first-order valence-electron chi connectivity index (χ1n) is 6.15. The third-order valence-electron chi connectivity index (χ3n) is 2.65. The summed E-state index contributed by atoms with van der Waals surface area (Å²) in [6.07, 6.45) is 4.00. The molecule has 5 nitrogen and oxygen atoms in total. The highest BCUT2D eigenvalue weighted by molar-refractivity contribution is 7.87. The second-order valence-corrected chi connectivity index (χ2v) is 5.82. The number of aryl methyl sites for hydroxylation is 1. The van der Waals surface area contributed by atoms with Gasteiger partial charge in [0.05, 0.1) is 0 Å². The Bertz CT molecular complexity index is 788. The Labute approximate surface area is 124 Å². The Kier molecular flexibility index (Phi) is 4.65. The summed E-state index contributed by atoms with van der Waals surface area (Å²) in [5.41, 5.74) is -4.17. The van der Waals surface area contributed by atoms with Crippen molar-refractivity contribution in [3.05, 3.63) is 48.5 Å². The van der Waals surface area contributed by atoms with Crippen molar-refractivity contribution in [1.29, 1.82) is 0 Å². The first-order chi connectivity index (χ1) is 10.3. The minimum absolute atomic E-state index is 0.277. The molecular weight excluding hydrogens is 321 g/mol. The van der Waals surface area contributed by atoms with Crippen LogP contribution in [-0.2, 0) is 20.7 Å². The molecule has 0 amide bonds. The van der Waals surface area contributed by atoms with Gasteiger partial charge in [0.1, 0.15) is 6.26 Å². The molecule has 0 saturated carbocycles. The highest BCUT2D eigenvalue weighted by Gasteiger charge is 2.47. The van der Waals surface area contributed by atoms with E-state index in [1.54, 1.807) is 18.3 Å². The lowest BCUT2D eigenvalue weighted by Gasteiger charge is -2.05. The van der Waals surface area contributed by atoms with Crippen LogP contribution in [-0.4, -0.2) is 23.9 Å². The molecule has 0 atom stereocenters. The second-order valence-electron chi connectivity index (χ2n) is 4.26. The Balaban J connectivity index is 1.91. The average molecular weight is 332 g/mol. The quantitative estimate of drug-likeness (QED) is 0.478. The maximum absolute atomic E-state index is 12.0. The standard InChI is InChI=1S/C13H11F3N2O3S/c14-13(15,16)22(19,20)21-9-2-1-5-11-7-6-10-4-3-8-17-12(10)18-11/h2-4,6-9H,1,5H2. The van der Waals surface area contributed by atoms with Gasteiger partial charge in [0.2, 0.25) is 0 Å². The van der Waals surface area contributed by atoms with E-state index in [0.29, 0.717) is 24.0 Å². The van der Waals surface area contributed by atoms with Crippen LogP contribution < -0.4 is 0 Å². The number of allylic oxidation sites excluding steroid dienone is 1. The smallest absolute Gasteiger partial charge is 0.384 e. The molecule has 2 aromatic rings. The zero-order valence-electron chi connectivity index (χ0n) is 11.1. The molecule has 0 aliphatic rings. The molecule has 22 heavy (non-hydrogen) atoms. The first kappa shape index (κ1) is 16.2. The van der Waals surface area contributed by atoms with Crippen LogP contribution in [0.5, 0.6) is 0 Å². The van der Waals surface area contributed by atoms with Gasteiger partial charge in [-0.05, 0) is 43.2 Å². The van der Waals surface area contributed by atoms with Gasteiger partial charge in [-0.1, -0.05) is 0 Å². The molecule has 0 unspecified atom stereocenters. The molecule has 2 rings (SSSR count). The molecule has 0 fully saturated rings. The molecule has 0 N–H and O–H groups in total. The largest absolute Gasteiger partial charge is 0.534 e. The zero-order valence-corrected chi connectivity index (χ0v) is 11.9. The molecule has 118 valence electrons. The van der Waals surface area contributed by atoms with Crippen molar-refractivity contribution in [2.75, 3.05) is 0 Å². The van der Waals surface area contributed by atoms with E-state index in [4.69, 9.17) is 0 Å². The van der Waals surface area contributed by atoms with E-state index in [2.05, 4.69) is 14.2 Å². The number of rotatable bonds is 5. The summed E-state index contributed by atoms with van der Waals surface area (Å²) >= 11 is 0. The van der Waals surface area contributed by atoms with E-state index < -0.39 is 15.6 Å². The van der Waals surface area contributed by atoms with Crippen LogP contribution in [0.1, 0.15) is 12.1 Å². The monoisotopic (exact) mass is 332 g/mol. The van der Waals surface area contributed by atoms with E-state index in [9.17, 15) is 21.6 Å². The van der Waals surface area contributed by atoms with Crippen molar-refractivity contribution in [2.45, 2.75) is 18.3 Å². The highest BCUT2D eigenvalue weighted by Crippen LogP contribution is 2.24. The first-order valence-corrected chi connectivity index (χ1v) is 7.56. The van der Waals surface area contributed by atoms with Crippen molar-refractivity contribution < 1.29 is 25.8 Å². The summed E-state index contributed by atoms with van der Waals surface area (Å²) in [6.45, 7) is 0. The van der Waals surface area contributed by atoms with Gasteiger partial charge in [0.15, 0.2) is 5.65 Å². The minimum Gasteiger partial charge on any atom is -0.384 e. The normalized spacial score (nSPS) is 12.9. The van der Waals surface area contributed by atoms with E-state index in [1.165, 1.54) is 6.08 Å². The van der Waals surface area contributed by atoms with Gasteiger partial charge in [0, 0.05) is 17.3 Å². The fourth-order valence-corrected chi connectivity index (χ4v) is 1.93. The Morgan fingerprint density at radius 2 is 2.00 bits per heavy atom. The number of pyridine rings is 2. The lowest BCUT2D eigenvalue weighted by Crippen LogP contribution is -2.23. The number of hydrogen-bond acceptors (Lipinski definition) is 5. The van der Waals surface area contributed by atoms with E-state index in [1.807, 2.05) is 12.1 Å². The summed E-state index contributed by atoms with van der Waals surface area (Å²) < 4.78 is 60.9. The van der Waals surface area contributed by atoms with Crippen LogP contribution in [0.15, 0.2) is 42.8 Å². The van der Waals surface area contributed by atoms with Crippen LogP contribution in [0.3, 0.4) is 0 Å². The van der Waals surface area contributed by atoms with Crippen LogP contribution in [0.2, 0.25) is 0 Å². The van der Waals surface area contributed by atoms with Crippen LogP contribution in [0.4, 0.5) is 13.2 Å². The van der Waals surface area contributed by atoms with Gasteiger partial charge < -0.3 is 4.18 Å². The third-order valence-corrected chi connectivity index (χ3v) is 3.58. The van der Waals surface area contributed by atoms with Crippen LogP contribution >= 0.6 is 0 Å². The van der Waals surface area contributed by atoms with E-state index in [-0.39, 0.29) is 6.42 Å². The number of fused-ring (bicyclic) bond motifs is 1. The number of alkyl halides is 3. The number of aromatic nitrogens is 2. The third kappa shape index (κ3) is 3.94. The lowest BCUT2D eigenvalue weighted by atomic mass is 10.2. The molecule has 0 aromatic carbocycles. The van der Waals surface area contributed by atoms with Crippen molar-refractivity contribution in [2.24, 2.45) is 0 Å². The van der Waals surface area contributed by atoms with Crippen molar-refractivity contribution in [3.63, 3.8) is 0 Å². The number of nitrogens with zero attached hydrogens (tertiary/aromatic N) is 2. The van der Waals surface area contributed by atoms with Crippen molar-refractivity contribution >= 4 is 21.2 Å². The molecule has 0 aliphatic heterocycles. The highest BCUT2D eigenvalue weighted by atomic mass is 32.2. The summed E-state index contributed by atoms with van der Waals surface area (Å²) in [5.74, 6) is 0. The number of hydrogen-bond donors (Lipinski definition) is 0. The molecule has 9 heteroatoms. The lowest BCUT2D eigenvalue weighted by molar-refractivity contribution is -0.0515. The van der Waals surface area contributed by atoms with Crippen molar-refractivity contribution in [1.82, 2.24) is 9.97 Å². The molecular formula is C13H11F3N2O3S. The van der Waals surface area contributed by atoms with Gasteiger partial charge in [-0.15, -0.1) is 0 Å². The Morgan fingerprint density at radius 1 is 1.23 bits per heavy atom. The van der Waals surface area contributed by atoms with Gasteiger partial charge >= 0.3 is 15.6 Å². The minimum atomic E-state index is -5.58. The zero-order chi connectivity index (χ0) is 16.2. The fourth-order valence-electron chi connectivity index (χ4n) is 1.60. The van der Waals surface area contributed by atoms with Gasteiger partial charge in [-0.2, -0.15) is 21.6 Å². The van der Waals surface area contributed by atoms with Gasteiger partial charge in [-0.3, -0.25) is 0 Å². The summed E-state index contributed by atoms with van der Waals surface area (Å²) in [6, 6.07) is 7.24. The molecule has 2 heterocycles. The summed E-state index contributed by atoms with van der Waals surface area (Å²) in [7, 11) is -5.58. The van der Waals surface area contributed by atoms with E-state index >= 15 is 0 Å². The van der Waals surface area contributed by atoms with Crippen molar-refractivity contribution in [3.8, 4) is 0 Å². The van der Waals surface area contributed by atoms with Crippen LogP contribution in [0.25, 0.3) is 11.0 Å². The predicted molar refractivity (Wildman–Crippen MR) is 73.1 cm³/mol. The molecule has 2 aromatic heterocycles. The number of halogens is 3. The summed E-state index contributed by atoms with van der Waals surface area (Å²) in [4.78, 5) is 8.36. The SMILES string of the molecule is O=S(=O)(OC=CCCc1ccc2cccnc2n1)C(F)(F)F. The Hall–Kier alpha value is -2.16. The van der Waals surface area contributed by atoms with Gasteiger partial charge in [-0.25, -0.2) is 9.97 Å². The second kappa shape index (κ2) is 6.30. The fraction of sp³-hybridized carbons (Fsp3) is 0.231. The van der Waals surface area contributed by atoms with Crippen LogP contribution in [0, 0.1) is 0 Å². The molecule has 0 radical (unpaired) electrons.